The largest absolute Gasteiger partial charge is 0.346 e. The number of nitrogens with zero attached hydrogens (tertiary/aromatic N) is 2. The minimum absolute atomic E-state index is 0.0642. The standard InChI is InChI=1S/C15H25N3O2S/c1-11-4-3-7-18(12(11)2)21(19,20)15-8-14(9-16)17(10-15)13-5-6-13/h8,10-13H,3-7,9,16H2,1-2H3. The maximum Gasteiger partial charge on any atom is 0.244 e. The van der Waals surface area contributed by atoms with Crippen molar-refractivity contribution < 1.29 is 8.42 Å². The van der Waals surface area contributed by atoms with E-state index < -0.39 is 10.0 Å². The first-order valence-electron chi connectivity index (χ1n) is 7.88. The van der Waals surface area contributed by atoms with Crippen molar-refractivity contribution in [3.63, 3.8) is 0 Å². The molecule has 0 amide bonds. The molecule has 3 rings (SSSR count). The van der Waals surface area contributed by atoms with Crippen LogP contribution in [0, 0.1) is 5.92 Å². The highest BCUT2D eigenvalue weighted by Gasteiger charge is 2.36. The molecular formula is C15H25N3O2S. The van der Waals surface area contributed by atoms with E-state index in [4.69, 9.17) is 5.73 Å². The summed E-state index contributed by atoms with van der Waals surface area (Å²) in [5, 5.41) is 0. The van der Waals surface area contributed by atoms with Crippen LogP contribution in [0.2, 0.25) is 0 Å². The van der Waals surface area contributed by atoms with Gasteiger partial charge in [0.05, 0.1) is 0 Å². The number of piperidine rings is 1. The van der Waals surface area contributed by atoms with Gasteiger partial charge in [-0.05, 0) is 44.6 Å². The van der Waals surface area contributed by atoms with Crippen molar-refractivity contribution in [1.82, 2.24) is 8.87 Å². The van der Waals surface area contributed by atoms with E-state index >= 15 is 0 Å². The van der Waals surface area contributed by atoms with Crippen LogP contribution in [0.15, 0.2) is 17.2 Å². The second-order valence-electron chi connectivity index (χ2n) is 6.49. The van der Waals surface area contributed by atoms with Crippen molar-refractivity contribution in [1.29, 1.82) is 0 Å². The Kier molecular flexibility index (Phi) is 3.88. The molecular weight excluding hydrogens is 286 g/mol. The molecule has 1 saturated carbocycles. The normalized spacial score (nSPS) is 28.0. The van der Waals surface area contributed by atoms with E-state index in [9.17, 15) is 8.42 Å². The van der Waals surface area contributed by atoms with Gasteiger partial charge in [0.2, 0.25) is 10.0 Å². The van der Waals surface area contributed by atoms with E-state index in [1.54, 1.807) is 16.6 Å². The lowest BCUT2D eigenvalue weighted by Crippen LogP contribution is -2.45. The molecule has 2 fully saturated rings. The third-order valence-corrected chi connectivity index (χ3v) is 6.93. The lowest BCUT2D eigenvalue weighted by Gasteiger charge is -2.36. The Bertz CT molecular complexity index is 619. The highest BCUT2D eigenvalue weighted by Crippen LogP contribution is 2.38. The molecule has 2 N–H and O–H groups in total. The second kappa shape index (κ2) is 5.41. The van der Waals surface area contributed by atoms with Gasteiger partial charge in [0.25, 0.3) is 0 Å². The first-order chi connectivity index (χ1) is 9.95. The number of nitrogens with two attached hydrogens (primary N) is 1. The van der Waals surface area contributed by atoms with Crippen molar-refractivity contribution >= 4 is 10.0 Å². The highest BCUT2D eigenvalue weighted by atomic mass is 32.2. The van der Waals surface area contributed by atoms with Gasteiger partial charge < -0.3 is 10.3 Å². The van der Waals surface area contributed by atoms with Crippen molar-refractivity contribution in [3.8, 4) is 0 Å². The Labute approximate surface area is 127 Å². The molecule has 1 aliphatic heterocycles. The van der Waals surface area contributed by atoms with Gasteiger partial charge in [-0.25, -0.2) is 8.42 Å². The average molecular weight is 311 g/mol. The number of aromatic nitrogens is 1. The van der Waals surface area contributed by atoms with Gasteiger partial charge >= 0.3 is 0 Å². The van der Waals surface area contributed by atoms with Gasteiger partial charge in [0, 0.05) is 37.1 Å². The molecule has 1 aromatic heterocycles. The van der Waals surface area contributed by atoms with Gasteiger partial charge in [-0.3, -0.25) is 0 Å². The third kappa shape index (κ3) is 2.64. The Morgan fingerprint density at radius 1 is 1.29 bits per heavy atom. The van der Waals surface area contributed by atoms with Crippen molar-refractivity contribution in [3.05, 3.63) is 18.0 Å². The molecule has 1 aromatic rings. The van der Waals surface area contributed by atoms with Crippen molar-refractivity contribution in [2.24, 2.45) is 11.7 Å². The monoisotopic (exact) mass is 311 g/mol. The molecule has 0 aromatic carbocycles. The Balaban J connectivity index is 1.94. The molecule has 1 aliphatic carbocycles. The van der Waals surface area contributed by atoms with Crippen LogP contribution < -0.4 is 5.73 Å². The predicted molar refractivity (Wildman–Crippen MR) is 82.3 cm³/mol. The molecule has 2 unspecified atom stereocenters. The van der Waals surface area contributed by atoms with Crippen LogP contribution in [0.4, 0.5) is 0 Å². The van der Waals surface area contributed by atoms with Crippen LogP contribution in [0.1, 0.15) is 51.3 Å². The zero-order valence-corrected chi connectivity index (χ0v) is 13.6. The molecule has 21 heavy (non-hydrogen) atoms. The van der Waals surface area contributed by atoms with Crippen molar-refractivity contribution in [2.45, 2.75) is 63.1 Å². The van der Waals surface area contributed by atoms with Gasteiger partial charge in [0.15, 0.2) is 0 Å². The molecule has 2 aliphatic rings. The molecule has 1 saturated heterocycles. The van der Waals surface area contributed by atoms with Gasteiger partial charge in [0.1, 0.15) is 4.90 Å². The first-order valence-corrected chi connectivity index (χ1v) is 9.32. The average Bonchev–Trinajstić information content (AvgIpc) is 3.20. The zero-order chi connectivity index (χ0) is 15.2. The maximum absolute atomic E-state index is 12.9. The minimum Gasteiger partial charge on any atom is -0.346 e. The fourth-order valence-corrected chi connectivity index (χ4v) is 5.08. The molecule has 0 radical (unpaired) electrons. The van der Waals surface area contributed by atoms with E-state index in [2.05, 4.69) is 11.5 Å². The van der Waals surface area contributed by atoms with E-state index in [0.29, 0.717) is 29.9 Å². The second-order valence-corrected chi connectivity index (χ2v) is 8.38. The highest BCUT2D eigenvalue weighted by molar-refractivity contribution is 7.89. The topological polar surface area (TPSA) is 68.3 Å². The van der Waals surface area contributed by atoms with Gasteiger partial charge in [-0.1, -0.05) is 6.92 Å². The molecule has 6 heteroatoms. The summed E-state index contributed by atoms with van der Waals surface area (Å²) in [6, 6.07) is 2.28. The number of hydrogen-bond donors (Lipinski definition) is 1. The summed E-state index contributed by atoms with van der Waals surface area (Å²) in [7, 11) is -3.40. The smallest absolute Gasteiger partial charge is 0.244 e. The van der Waals surface area contributed by atoms with Crippen LogP contribution in [0.3, 0.4) is 0 Å². The maximum atomic E-state index is 12.9. The van der Waals surface area contributed by atoms with Crippen LogP contribution in [0.5, 0.6) is 0 Å². The number of rotatable bonds is 4. The van der Waals surface area contributed by atoms with Crippen LogP contribution in [-0.2, 0) is 16.6 Å². The SMILES string of the molecule is CC1CCCN(S(=O)(=O)c2cc(CN)n(C3CC3)c2)C1C. The summed E-state index contributed by atoms with van der Waals surface area (Å²) in [6.07, 6.45) is 6.08. The summed E-state index contributed by atoms with van der Waals surface area (Å²) >= 11 is 0. The molecule has 2 atom stereocenters. The summed E-state index contributed by atoms with van der Waals surface area (Å²) < 4.78 is 29.6. The van der Waals surface area contributed by atoms with E-state index in [1.165, 1.54) is 0 Å². The lowest BCUT2D eigenvalue weighted by atomic mass is 9.94. The Morgan fingerprint density at radius 2 is 2.00 bits per heavy atom. The van der Waals surface area contributed by atoms with Gasteiger partial charge in [-0.2, -0.15) is 4.31 Å². The number of sulfonamides is 1. The number of hydrogen-bond acceptors (Lipinski definition) is 3. The zero-order valence-electron chi connectivity index (χ0n) is 12.8. The fraction of sp³-hybridized carbons (Fsp3) is 0.733. The fourth-order valence-electron chi connectivity index (χ4n) is 3.27. The first kappa shape index (κ1) is 15.1. The minimum atomic E-state index is -3.40. The van der Waals surface area contributed by atoms with Crippen LogP contribution >= 0.6 is 0 Å². The summed E-state index contributed by atoms with van der Waals surface area (Å²) in [5.74, 6) is 0.410. The van der Waals surface area contributed by atoms with Gasteiger partial charge in [-0.15, -0.1) is 0 Å². The van der Waals surface area contributed by atoms with Crippen LogP contribution in [0.25, 0.3) is 0 Å². The quantitative estimate of drug-likeness (QED) is 0.926. The summed E-state index contributed by atoms with van der Waals surface area (Å²) in [5.41, 5.74) is 6.70. The lowest BCUT2D eigenvalue weighted by molar-refractivity contribution is 0.202. The molecule has 118 valence electrons. The van der Waals surface area contributed by atoms with E-state index in [-0.39, 0.29) is 6.04 Å². The summed E-state index contributed by atoms with van der Waals surface area (Å²) in [6.45, 7) is 5.16. The van der Waals surface area contributed by atoms with E-state index in [1.807, 2.05) is 6.92 Å². The summed E-state index contributed by atoms with van der Waals surface area (Å²) in [4.78, 5) is 0.413. The third-order valence-electron chi connectivity index (χ3n) is 4.98. The molecule has 5 nitrogen and oxygen atoms in total. The van der Waals surface area contributed by atoms with Crippen LogP contribution in [-0.4, -0.2) is 29.9 Å². The molecule has 0 spiro atoms. The Morgan fingerprint density at radius 3 is 2.62 bits per heavy atom. The molecule has 0 bridgehead atoms. The predicted octanol–water partition coefficient (Wildman–Crippen LogP) is 2.09. The Hall–Kier alpha value is -0.850. The van der Waals surface area contributed by atoms with E-state index in [0.717, 1.165) is 31.4 Å². The van der Waals surface area contributed by atoms with Crippen molar-refractivity contribution in [2.75, 3.05) is 6.54 Å². The molecule has 2 heterocycles.